The molecule has 3 nitrogen and oxygen atoms in total. The molecular formula is C10H13N3. The lowest BCUT2D eigenvalue weighted by Crippen LogP contribution is -2.03. The van der Waals surface area contributed by atoms with Crippen molar-refractivity contribution in [2.45, 2.75) is 20.8 Å². The fourth-order valence-electron chi connectivity index (χ4n) is 0.850. The SMILES string of the molecule is CC#CCNc1cnc(C)c(C)n1. The second kappa shape index (κ2) is 4.46. The number of nitrogens with zero attached hydrogens (tertiary/aromatic N) is 2. The molecule has 0 atom stereocenters. The molecule has 0 spiro atoms. The van der Waals surface area contributed by atoms with Crippen LogP contribution in [0.3, 0.4) is 0 Å². The van der Waals surface area contributed by atoms with Gasteiger partial charge in [0.1, 0.15) is 5.82 Å². The molecule has 0 bridgehead atoms. The van der Waals surface area contributed by atoms with Gasteiger partial charge in [0.15, 0.2) is 0 Å². The highest BCUT2D eigenvalue weighted by Crippen LogP contribution is 2.04. The predicted molar refractivity (Wildman–Crippen MR) is 53.4 cm³/mol. The van der Waals surface area contributed by atoms with Crippen LogP contribution in [0.15, 0.2) is 6.20 Å². The van der Waals surface area contributed by atoms with Gasteiger partial charge >= 0.3 is 0 Å². The predicted octanol–water partition coefficient (Wildman–Crippen LogP) is 1.53. The molecule has 0 aliphatic heterocycles. The van der Waals surface area contributed by atoms with E-state index in [1.165, 1.54) is 0 Å². The first-order chi connectivity index (χ1) is 6.24. The maximum atomic E-state index is 4.30. The molecule has 0 unspecified atom stereocenters. The van der Waals surface area contributed by atoms with E-state index in [1.807, 2.05) is 20.8 Å². The van der Waals surface area contributed by atoms with Crippen molar-refractivity contribution in [3.63, 3.8) is 0 Å². The van der Waals surface area contributed by atoms with Crippen LogP contribution in [0.25, 0.3) is 0 Å². The Labute approximate surface area is 78.6 Å². The van der Waals surface area contributed by atoms with Crippen molar-refractivity contribution in [2.24, 2.45) is 0 Å². The zero-order valence-corrected chi connectivity index (χ0v) is 8.18. The van der Waals surface area contributed by atoms with Crippen LogP contribution in [0.1, 0.15) is 18.3 Å². The van der Waals surface area contributed by atoms with Crippen LogP contribution >= 0.6 is 0 Å². The normalized spacial score (nSPS) is 8.85. The lowest BCUT2D eigenvalue weighted by atomic mass is 10.3. The number of rotatable bonds is 2. The van der Waals surface area contributed by atoms with Crippen LogP contribution in [0.5, 0.6) is 0 Å². The van der Waals surface area contributed by atoms with Crippen LogP contribution in [0, 0.1) is 25.7 Å². The maximum absolute atomic E-state index is 4.30. The molecular weight excluding hydrogens is 162 g/mol. The molecule has 68 valence electrons. The standard InChI is InChI=1S/C10H13N3/c1-4-5-6-11-10-7-12-8(2)9(3)13-10/h7H,6H2,1-3H3,(H,11,13). The van der Waals surface area contributed by atoms with Gasteiger partial charge < -0.3 is 5.32 Å². The monoisotopic (exact) mass is 175 g/mol. The molecule has 1 N–H and O–H groups in total. The summed E-state index contributed by atoms with van der Waals surface area (Å²) in [5.41, 5.74) is 1.92. The molecule has 0 aliphatic rings. The summed E-state index contributed by atoms with van der Waals surface area (Å²) < 4.78 is 0. The Morgan fingerprint density at radius 2 is 2.15 bits per heavy atom. The van der Waals surface area contributed by atoms with Gasteiger partial charge in [-0.25, -0.2) is 4.98 Å². The fraction of sp³-hybridized carbons (Fsp3) is 0.400. The van der Waals surface area contributed by atoms with E-state index in [2.05, 4.69) is 27.1 Å². The molecule has 0 amide bonds. The van der Waals surface area contributed by atoms with Gasteiger partial charge in [0.2, 0.25) is 0 Å². The van der Waals surface area contributed by atoms with Gasteiger partial charge in [-0.05, 0) is 20.8 Å². The Hall–Kier alpha value is -1.56. The number of aryl methyl sites for hydroxylation is 2. The summed E-state index contributed by atoms with van der Waals surface area (Å²) in [4.78, 5) is 8.49. The molecule has 1 aromatic heterocycles. The molecule has 1 heterocycles. The molecule has 3 heteroatoms. The fourth-order valence-corrected chi connectivity index (χ4v) is 0.850. The van der Waals surface area contributed by atoms with Crippen molar-refractivity contribution in [1.82, 2.24) is 9.97 Å². The second-order valence-electron chi connectivity index (χ2n) is 2.71. The van der Waals surface area contributed by atoms with Gasteiger partial charge in [-0.2, -0.15) is 0 Å². The van der Waals surface area contributed by atoms with E-state index in [0.717, 1.165) is 17.2 Å². The zero-order chi connectivity index (χ0) is 9.68. The molecule has 0 saturated heterocycles. The van der Waals surface area contributed by atoms with Gasteiger partial charge in [0.05, 0.1) is 24.1 Å². The van der Waals surface area contributed by atoms with Crippen molar-refractivity contribution >= 4 is 5.82 Å². The van der Waals surface area contributed by atoms with E-state index in [4.69, 9.17) is 0 Å². The number of anilines is 1. The van der Waals surface area contributed by atoms with Crippen molar-refractivity contribution in [3.05, 3.63) is 17.6 Å². The van der Waals surface area contributed by atoms with Crippen LogP contribution in [-0.2, 0) is 0 Å². The first-order valence-electron chi connectivity index (χ1n) is 4.17. The van der Waals surface area contributed by atoms with E-state index in [1.54, 1.807) is 6.20 Å². The minimum Gasteiger partial charge on any atom is -0.358 e. The van der Waals surface area contributed by atoms with Crippen LogP contribution in [0.2, 0.25) is 0 Å². The molecule has 0 fully saturated rings. The summed E-state index contributed by atoms with van der Waals surface area (Å²) in [6.45, 7) is 6.32. The highest BCUT2D eigenvalue weighted by atomic mass is 15.0. The van der Waals surface area contributed by atoms with Crippen LogP contribution < -0.4 is 5.32 Å². The minimum atomic E-state index is 0.619. The number of aromatic nitrogens is 2. The third-order valence-electron chi connectivity index (χ3n) is 1.73. The van der Waals surface area contributed by atoms with Crippen molar-refractivity contribution < 1.29 is 0 Å². The van der Waals surface area contributed by atoms with Crippen LogP contribution in [0.4, 0.5) is 5.82 Å². The molecule has 13 heavy (non-hydrogen) atoms. The zero-order valence-electron chi connectivity index (χ0n) is 8.18. The Bertz CT molecular complexity index is 347. The molecule has 0 radical (unpaired) electrons. The molecule has 0 saturated carbocycles. The number of hydrogen-bond acceptors (Lipinski definition) is 3. The molecule has 1 rings (SSSR count). The van der Waals surface area contributed by atoms with Gasteiger partial charge in [0, 0.05) is 0 Å². The van der Waals surface area contributed by atoms with Crippen LogP contribution in [-0.4, -0.2) is 16.5 Å². The number of hydrogen-bond donors (Lipinski definition) is 1. The van der Waals surface area contributed by atoms with Crippen molar-refractivity contribution in [2.75, 3.05) is 11.9 Å². The Morgan fingerprint density at radius 1 is 1.38 bits per heavy atom. The number of nitrogens with one attached hydrogen (secondary N) is 1. The molecule has 0 aliphatic carbocycles. The highest BCUT2D eigenvalue weighted by Gasteiger charge is 1.96. The topological polar surface area (TPSA) is 37.8 Å². The summed E-state index contributed by atoms with van der Waals surface area (Å²) in [7, 11) is 0. The van der Waals surface area contributed by atoms with Crippen molar-refractivity contribution in [1.29, 1.82) is 0 Å². The maximum Gasteiger partial charge on any atom is 0.145 e. The highest BCUT2D eigenvalue weighted by molar-refractivity contribution is 5.34. The molecule has 1 aromatic rings. The Morgan fingerprint density at radius 3 is 2.77 bits per heavy atom. The summed E-state index contributed by atoms with van der Waals surface area (Å²) in [5.74, 6) is 6.49. The average Bonchev–Trinajstić information content (AvgIpc) is 2.12. The van der Waals surface area contributed by atoms with Gasteiger partial charge in [-0.15, -0.1) is 5.92 Å². The first kappa shape index (κ1) is 9.53. The third kappa shape index (κ3) is 2.75. The Kier molecular flexibility index (Phi) is 3.27. The lowest BCUT2D eigenvalue weighted by molar-refractivity contribution is 1.04. The summed E-state index contributed by atoms with van der Waals surface area (Å²) >= 11 is 0. The summed E-state index contributed by atoms with van der Waals surface area (Å²) in [6.07, 6.45) is 1.72. The summed E-state index contributed by atoms with van der Waals surface area (Å²) in [5, 5.41) is 3.07. The van der Waals surface area contributed by atoms with E-state index in [0.29, 0.717) is 6.54 Å². The summed E-state index contributed by atoms with van der Waals surface area (Å²) in [6, 6.07) is 0. The average molecular weight is 175 g/mol. The minimum absolute atomic E-state index is 0.619. The van der Waals surface area contributed by atoms with Gasteiger partial charge in [-0.1, -0.05) is 5.92 Å². The van der Waals surface area contributed by atoms with E-state index >= 15 is 0 Å². The smallest absolute Gasteiger partial charge is 0.145 e. The van der Waals surface area contributed by atoms with Gasteiger partial charge in [-0.3, -0.25) is 4.98 Å². The quantitative estimate of drug-likeness (QED) is 0.693. The first-order valence-corrected chi connectivity index (χ1v) is 4.17. The lowest BCUT2D eigenvalue weighted by Gasteiger charge is -2.03. The van der Waals surface area contributed by atoms with Gasteiger partial charge in [0.25, 0.3) is 0 Å². The van der Waals surface area contributed by atoms with E-state index in [-0.39, 0.29) is 0 Å². The Balaban J connectivity index is 2.66. The largest absolute Gasteiger partial charge is 0.358 e. The van der Waals surface area contributed by atoms with Crippen molar-refractivity contribution in [3.8, 4) is 11.8 Å². The third-order valence-corrected chi connectivity index (χ3v) is 1.73. The second-order valence-corrected chi connectivity index (χ2v) is 2.71. The van der Waals surface area contributed by atoms with E-state index < -0.39 is 0 Å². The molecule has 0 aromatic carbocycles. The van der Waals surface area contributed by atoms with E-state index in [9.17, 15) is 0 Å².